The molecule has 0 radical (unpaired) electrons. The zero-order chi connectivity index (χ0) is 31.9. The van der Waals surface area contributed by atoms with Crippen molar-refractivity contribution in [3.8, 4) is 40.1 Å². The lowest BCUT2D eigenvalue weighted by molar-refractivity contribution is -0.277. The molecule has 2 saturated heterocycles. The van der Waals surface area contributed by atoms with Crippen LogP contribution in [0.1, 0.15) is 0 Å². The minimum Gasteiger partial charge on any atom is -0.507 e. The molecule has 16 heteroatoms. The Labute approximate surface area is 248 Å². The number of rotatable bonds is 8. The van der Waals surface area contributed by atoms with Crippen LogP contribution in [0.25, 0.3) is 22.3 Å². The number of hydrogen-bond acceptors (Lipinski definition) is 15. The summed E-state index contributed by atoms with van der Waals surface area (Å²) in [6, 6.07) is 7.81. The average Bonchev–Trinajstić information content (AvgIpc) is 3.01. The molecule has 16 nitrogen and oxygen atoms in total. The van der Waals surface area contributed by atoms with Crippen LogP contribution in [0.2, 0.25) is 0 Å². The van der Waals surface area contributed by atoms with E-state index in [1.807, 2.05) is 0 Å². The zero-order valence-corrected chi connectivity index (χ0v) is 23.1. The van der Waals surface area contributed by atoms with Gasteiger partial charge in [0, 0.05) is 18.2 Å². The fourth-order valence-electron chi connectivity index (χ4n) is 4.96. The van der Waals surface area contributed by atoms with E-state index in [4.69, 9.17) is 28.1 Å². The van der Waals surface area contributed by atoms with E-state index in [2.05, 4.69) is 0 Å². The van der Waals surface area contributed by atoms with E-state index in [0.717, 1.165) is 6.07 Å². The number of hydrogen-bond donors (Lipinski definition) is 10. The highest BCUT2D eigenvalue weighted by atomic mass is 16.7. The molecule has 44 heavy (non-hydrogen) atoms. The Morgan fingerprint density at radius 2 is 1.25 bits per heavy atom. The maximum absolute atomic E-state index is 10.6. The van der Waals surface area contributed by atoms with Crippen molar-refractivity contribution in [2.75, 3.05) is 20.3 Å². The van der Waals surface area contributed by atoms with Crippen LogP contribution in [0, 0.1) is 0 Å². The second kappa shape index (κ2) is 12.8. The van der Waals surface area contributed by atoms with Crippen LogP contribution in [-0.4, -0.2) is 133 Å². The van der Waals surface area contributed by atoms with Crippen LogP contribution in [0.5, 0.6) is 28.7 Å². The van der Waals surface area contributed by atoms with E-state index < -0.39 is 74.6 Å². The average molecular weight is 626 g/mol. The molecule has 0 bridgehead atoms. The number of methoxy groups -OCH3 is 1. The van der Waals surface area contributed by atoms with Crippen LogP contribution >= 0.6 is 0 Å². The lowest BCUT2D eigenvalue weighted by Crippen LogP contribution is -2.60. The van der Waals surface area contributed by atoms with Gasteiger partial charge in [-0.05, 0) is 12.1 Å². The van der Waals surface area contributed by atoms with Crippen molar-refractivity contribution >= 4 is 11.0 Å². The lowest BCUT2D eigenvalue weighted by Gasteiger charge is -2.39. The topological polar surface area (TPSA) is 260 Å². The number of aliphatic hydroxyl groups is 8. The van der Waals surface area contributed by atoms with Gasteiger partial charge < -0.3 is 74.7 Å². The molecule has 5 rings (SSSR count). The molecule has 0 aliphatic carbocycles. The molecular formula is C28H33O16+. The minimum absolute atomic E-state index is 0.0206. The number of phenolic OH excluding ortho intramolecular Hbond substituents is 2. The molecule has 0 saturated carbocycles. The molecule has 10 N–H and O–H groups in total. The quantitative estimate of drug-likeness (QED) is 0.123. The zero-order valence-electron chi connectivity index (χ0n) is 23.1. The van der Waals surface area contributed by atoms with Gasteiger partial charge in [0.1, 0.15) is 65.7 Å². The van der Waals surface area contributed by atoms with Gasteiger partial charge >= 0.3 is 11.3 Å². The first-order valence-corrected chi connectivity index (χ1v) is 13.4. The highest BCUT2D eigenvalue weighted by molar-refractivity contribution is 5.89. The van der Waals surface area contributed by atoms with Gasteiger partial charge in [0.25, 0.3) is 0 Å². The largest absolute Gasteiger partial charge is 0.507 e. The van der Waals surface area contributed by atoms with Gasteiger partial charge in [-0.2, -0.15) is 0 Å². The van der Waals surface area contributed by atoms with Gasteiger partial charge in [-0.15, -0.1) is 0 Å². The Morgan fingerprint density at radius 1 is 0.682 bits per heavy atom. The number of ether oxygens (including phenoxy) is 5. The Bertz CT molecular complexity index is 1460. The molecule has 0 unspecified atom stereocenters. The fourth-order valence-corrected chi connectivity index (χ4v) is 4.96. The van der Waals surface area contributed by atoms with E-state index >= 15 is 0 Å². The van der Waals surface area contributed by atoms with E-state index in [1.54, 1.807) is 0 Å². The van der Waals surface area contributed by atoms with Crippen LogP contribution in [-0.2, 0) is 9.47 Å². The molecular weight excluding hydrogens is 592 g/mol. The molecule has 2 aliphatic rings. The first-order valence-electron chi connectivity index (χ1n) is 13.4. The molecule has 0 spiro atoms. The minimum atomic E-state index is -1.80. The normalized spacial score (nSPS) is 32.4. The number of phenols is 2. The van der Waals surface area contributed by atoms with Gasteiger partial charge in [-0.3, -0.25) is 0 Å². The number of benzene rings is 2. The molecule has 2 fully saturated rings. The van der Waals surface area contributed by atoms with Gasteiger partial charge in [-0.25, -0.2) is 4.42 Å². The summed E-state index contributed by atoms with van der Waals surface area (Å²) >= 11 is 0. The smallest absolute Gasteiger partial charge is 0.402 e. The van der Waals surface area contributed by atoms with Gasteiger partial charge in [-0.1, -0.05) is 0 Å². The molecule has 240 valence electrons. The Morgan fingerprint density at radius 3 is 1.80 bits per heavy atom. The standard InChI is InChI=1S/C28H32O16/c1-39-16-4-10(2-3-13(16)32)26-17(42-28-25(38)23(36)21(34)19(9-30)44-28)7-12-14(40-26)5-11(31)6-15(12)41-27-24(37)22(35)20(33)18(8-29)43-27/h2-7,18-25,27-30,33-38H,8-9H2,1H3,(H-,31,32)/p+1/t18-,19+,20+,21+,22-,23-,24+,25+,27+,28+/m0/s1. The van der Waals surface area contributed by atoms with Crippen molar-refractivity contribution in [1.29, 1.82) is 0 Å². The van der Waals surface area contributed by atoms with Crippen molar-refractivity contribution < 1.29 is 79.2 Å². The summed E-state index contributed by atoms with van der Waals surface area (Å²) in [5, 5.41) is 102. The molecule has 3 aromatic rings. The van der Waals surface area contributed by atoms with Crippen molar-refractivity contribution in [3.63, 3.8) is 0 Å². The summed E-state index contributed by atoms with van der Waals surface area (Å²) in [6.45, 7) is -1.43. The van der Waals surface area contributed by atoms with E-state index in [0.29, 0.717) is 0 Å². The molecule has 3 heterocycles. The van der Waals surface area contributed by atoms with Crippen molar-refractivity contribution in [2.45, 2.75) is 61.4 Å². The third-order valence-electron chi connectivity index (χ3n) is 7.43. The Hall–Kier alpha value is -3.55. The molecule has 1 aromatic heterocycles. The highest BCUT2D eigenvalue weighted by Crippen LogP contribution is 2.43. The molecule has 0 amide bonds. The van der Waals surface area contributed by atoms with Crippen LogP contribution in [0.4, 0.5) is 0 Å². The Balaban J connectivity index is 1.62. The SMILES string of the molecule is COc1cc(-c2[o+]c3cc(O)cc(O[C@@H]4O[C@@H](CO)[C@@H](O)[C@H](O)[C@H]4O)c3cc2O[C@@H]2O[C@H](CO)[C@@H](O)[C@H](O)[C@H]2O)ccc1O. The van der Waals surface area contributed by atoms with Gasteiger partial charge in [0.2, 0.25) is 18.3 Å². The van der Waals surface area contributed by atoms with Crippen LogP contribution in [0.3, 0.4) is 0 Å². The number of aliphatic hydroxyl groups excluding tert-OH is 8. The third kappa shape index (κ3) is 5.92. The maximum Gasteiger partial charge on any atom is 0.402 e. The second-order valence-corrected chi connectivity index (χ2v) is 10.3. The summed E-state index contributed by atoms with van der Waals surface area (Å²) in [6.07, 6.45) is -16.3. The van der Waals surface area contributed by atoms with Gasteiger partial charge in [0.15, 0.2) is 11.5 Å². The monoisotopic (exact) mass is 625 g/mol. The van der Waals surface area contributed by atoms with Crippen molar-refractivity contribution in [3.05, 3.63) is 36.4 Å². The number of fused-ring (bicyclic) bond motifs is 1. The van der Waals surface area contributed by atoms with Gasteiger partial charge in [0.05, 0.1) is 32.0 Å². The van der Waals surface area contributed by atoms with E-state index in [-0.39, 0.29) is 51.0 Å². The first kappa shape index (κ1) is 31.9. The summed E-state index contributed by atoms with van der Waals surface area (Å²) in [5.74, 6) is -0.907. The second-order valence-electron chi connectivity index (χ2n) is 10.3. The van der Waals surface area contributed by atoms with E-state index in [9.17, 15) is 51.1 Å². The lowest BCUT2D eigenvalue weighted by atomic mass is 9.99. The summed E-state index contributed by atoms with van der Waals surface area (Å²) < 4.78 is 33.9. The molecule has 10 atom stereocenters. The number of aromatic hydroxyl groups is 2. The molecule has 2 aliphatic heterocycles. The summed E-state index contributed by atoms with van der Waals surface area (Å²) in [4.78, 5) is 0. The predicted molar refractivity (Wildman–Crippen MR) is 145 cm³/mol. The highest BCUT2D eigenvalue weighted by Gasteiger charge is 2.47. The fraction of sp³-hybridized carbons (Fsp3) is 0.464. The molecule has 2 aromatic carbocycles. The summed E-state index contributed by atoms with van der Waals surface area (Å²) in [5.41, 5.74) is 0.244. The van der Waals surface area contributed by atoms with Crippen LogP contribution in [0.15, 0.2) is 40.8 Å². The van der Waals surface area contributed by atoms with Crippen molar-refractivity contribution in [2.24, 2.45) is 0 Å². The van der Waals surface area contributed by atoms with E-state index in [1.165, 1.54) is 37.4 Å². The van der Waals surface area contributed by atoms with Crippen molar-refractivity contribution in [1.82, 2.24) is 0 Å². The third-order valence-corrected chi connectivity index (χ3v) is 7.43. The van der Waals surface area contributed by atoms with Crippen LogP contribution < -0.4 is 14.2 Å². The maximum atomic E-state index is 10.6. The summed E-state index contributed by atoms with van der Waals surface area (Å²) in [7, 11) is 1.32. The predicted octanol–water partition coefficient (Wildman–Crippen LogP) is -1.84. The first-order chi connectivity index (χ1) is 21.0. The Kier molecular flexibility index (Phi) is 9.28.